The average molecular weight is 500 g/mol. The highest BCUT2D eigenvalue weighted by molar-refractivity contribution is 7.92. The molecule has 8 heteroatoms. The number of piperidine rings is 2. The van der Waals surface area contributed by atoms with Gasteiger partial charge in [-0.15, -0.1) is 0 Å². The number of anilines is 2. The molecule has 0 amide bonds. The minimum atomic E-state index is -3.87. The molecule has 0 radical (unpaired) electrons. The molecule has 2 aromatic rings. The van der Waals surface area contributed by atoms with E-state index >= 15 is 0 Å². The first kappa shape index (κ1) is 25.5. The van der Waals surface area contributed by atoms with Crippen molar-refractivity contribution in [3.8, 4) is 0 Å². The zero-order valence-electron chi connectivity index (χ0n) is 20.8. The van der Waals surface area contributed by atoms with Gasteiger partial charge in [-0.25, -0.2) is 13.2 Å². The third-order valence-corrected chi connectivity index (χ3v) is 8.60. The number of aromatic carboxylic acids is 1. The number of hydrogen-bond acceptors (Lipinski definition) is 5. The fraction of sp³-hybridized carbons (Fsp3) is 0.519. The van der Waals surface area contributed by atoms with Crippen LogP contribution in [0.4, 0.5) is 11.4 Å². The summed E-state index contributed by atoms with van der Waals surface area (Å²) < 4.78 is 29.1. The molecular weight excluding hydrogens is 462 g/mol. The minimum absolute atomic E-state index is 0.0586. The Balaban J connectivity index is 1.49. The summed E-state index contributed by atoms with van der Waals surface area (Å²) in [5.41, 5.74) is 2.82. The summed E-state index contributed by atoms with van der Waals surface area (Å²) in [5, 5.41) is 9.51. The molecule has 2 fully saturated rings. The standard InChI is InChI=1S/C27H37N3O4S/c1-20-16-21(2)18-24(17-20)35(33,34)28-25-19-23(27(31)32)6-7-26(25)30-14-9-22(10-15-30)8-13-29-11-4-3-5-12-29/h6-7,16-19,22,28H,3-5,8-15H2,1-2H3,(H,31,32). The maximum absolute atomic E-state index is 13.2. The number of carboxylic acids is 1. The normalized spacial score (nSPS) is 17.9. The third kappa shape index (κ3) is 6.55. The van der Waals surface area contributed by atoms with Gasteiger partial charge in [0.15, 0.2) is 0 Å². The monoisotopic (exact) mass is 499 g/mol. The molecule has 190 valence electrons. The zero-order valence-corrected chi connectivity index (χ0v) is 21.6. The number of nitrogens with zero attached hydrogens (tertiary/aromatic N) is 2. The van der Waals surface area contributed by atoms with Crippen molar-refractivity contribution < 1.29 is 18.3 Å². The van der Waals surface area contributed by atoms with Crippen LogP contribution >= 0.6 is 0 Å². The molecule has 0 spiro atoms. The molecule has 0 aromatic heterocycles. The summed E-state index contributed by atoms with van der Waals surface area (Å²) in [6, 6.07) is 9.89. The van der Waals surface area contributed by atoms with Gasteiger partial charge in [-0.3, -0.25) is 4.72 Å². The molecule has 0 bridgehead atoms. The van der Waals surface area contributed by atoms with Crippen LogP contribution in [0.5, 0.6) is 0 Å². The number of sulfonamides is 1. The van der Waals surface area contributed by atoms with Gasteiger partial charge in [0.1, 0.15) is 0 Å². The van der Waals surface area contributed by atoms with Gasteiger partial charge in [0.2, 0.25) is 0 Å². The van der Waals surface area contributed by atoms with Crippen molar-refractivity contribution in [2.24, 2.45) is 5.92 Å². The van der Waals surface area contributed by atoms with Crippen molar-refractivity contribution >= 4 is 27.4 Å². The maximum atomic E-state index is 13.2. The number of carboxylic acid groups (broad SMARTS) is 1. The molecule has 2 aliphatic heterocycles. The topological polar surface area (TPSA) is 89.9 Å². The Labute approximate surface area is 209 Å². The van der Waals surface area contributed by atoms with E-state index in [9.17, 15) is 18.3 Å². The molecule has 7 nitrogen and oxygen atoms in total. The highest BCUT2D eigenvalue weighted by Gasteiger charge is 2.25. The van der Waals surface area contributed by atoms with Crippen LogP contribution in [0, 0.1) is 19.8 Å². The molecule has 4 rings (SSSR count). The minimum Gasteiger partial charge on any atom is -0.478 e. The lowest BCUT2D eigenvalue weighted by Crippen LogP contribution is -2.36. The Morgan fingerprint density at radius 3 is 2.26 bits per heavy atom. The van der Waals surface area contributed by atoms with Crippen LogP contribution in [-0.2, 0) is 10.0 Å². The summed E-state index contributed by atoms with van der Waals surface area (Å²) in [4.78, 5) is 16.6. The largest absolute Gasteiger partial charge is 0.478 e. The Kier molecular flexibility index (Phi) is 8.02. The van der Waals surface area contributed by atoms with E-state index in [1.165, 1.54) is 51.4 Å². The molecule has 0 saturated carbocycles. The second-order valence-corrected chi connectivity index (χ2v) is 11.8. The molecule has 0 atom stereocenters. The van der Waals surface area contributed by atoms with Gasteiger partial charge in [0.05, 0.1) is 21.8 Å². The number of aryl methyl sites for hydroxylation is 2. The molecule has 0 unspecified atom stereocenters. The first-order valence-electron chi connectivity index (χ1n) is 12.7. The molecule has 35 heavy (non-hydrogen) atoms. The number of benzene rings is 2. The van der Waals surface area contributed by atoms with Crippen LogP contribution in [0.3, 0.4) is 0 Å². The number of rotatable bonds is 8. The van der Waals surface area contributed by atoms with Crippen molar-refractivity contribution in [3.63, 3.8) is 0 Å². The molecule has 2 saturated heterocycles. The fourth-order valence-corrected chi connectivity index (χ4v) is 6.58. The van der Waals surface area contributed by atoms with E-state index in [-0.39, 0.29) is 10.5 Å². The van der Waals surface area contributed by atoms with E-state index in [0.717, 1.165) is 42.7 Å². The van der Waals surface area contributed by atoms with Crippen molar-refractivity contribution in [2.75, 3.05) is 42.3 Å². The first-order valence-corrected chi connectivity index (χ1v) is 14.2. The summed E-state index contributed by atoms with van der Waals surface area (Å²) in [6.45, 7) is 8.98. The summed E-state index contributed by atoms with van der Waals surface area (Å²) >= 11 is 0. The van der Waals surface area contributed by atoms with Crippen molar-refractivity contribution in [2.45, 2.75) is 57.3 Å². The van der Waals surface area contributed by atoms with Crippen molar-refractivity contribution in [1.29, 1.82) is 0 Å². The van der Waals surface area contributed by atoms with E-state index < -0.39 is 16.0 Å². The van der Waals surface area contributed by atoms with E-state index in [0.29, 0.717) is 11.6 Å². The van der Waals surface area contributed by atoms with Gasteiger partial charge in [-0.1, -0.05) is 12.5 Å². The first-order chi connectivity index (χ1) is 16.7. The summed E-state index contributed by atoms with van der Waals surface area (Å²) in [6.07, 6.45) is 7.29. The summed E-state index contributed by atoms with van der Waals surface area (Å²) in [5.74, 6) is -0.415. The Bertz CT molecular complexity index is 1130. The van der Waals surface area contributed by atoms with E-state index in [4.69, 9.17) is 0 Å². The van der Waals surface area contributed by atoms with Crippen LogP contribution in [0.1, 0.15) is 60.0 Å². The average Bonchev–Trinajstić information content (AvgIpc) is 2.83. The molecule has 2 heterocycles. The third-order valence-electron chi connectivity index (χ3n) is 7.25. The molecule has 2 aliphatic rings. The zero-order chi connectivity index (χ0) is 25.0. The van der Waals surface area contributed by atoms with Gasteiger partial charge in [0, 0.05) is 13.1 Å². The van der Waals surface area contributed by atoms with Gasteiger partial charge in [-0.05, 0) is 113 Å². The van der Waals surface area contributed by atoms with Crippen LogP contribution in [0.25, 0.3) is 0 Å². The Morgan fingerprint density at radius 2 is 1.63 bits per heavy atom. The second-order valence-electron chi connectivity index (χ2n) is 10.1. The van der Waals surface area contributed by atoms with Crippen LogP contribution in [-0.4, -0.2) is 57.1 Å². The predicted molar refractivity (Wildman–Crippen MR) is 140 cm³/mol. The second kappa shape index (κ2) is 11.0. The lowest BCUT2D eigenvalue weighted by atomic mass is 9.92. The predicted octanol–water partition coefficient (Wildman–Crippen LogP) is 4.89. The van der Waals surface area contributed by atoms with Gasteiger partial charge < -0.3 is 14.9 Å². The smallest absolute Gasteiger partial charge is 0.335 e. The number of hydrogen-bond donors (Lipinski definition) is 2. The SMILES string of the molecule is Cc1cc(C)cc(S(=O)(=O)Nc2cc(C(=O)O)ccc2N2CCC(CCN3CCCCC3)CC2)c1. The lowest BCUT2D eigenvalue weighted by Gasteiger charge is -2.36. The van der Waals surface area contributed by atoms with E-state index in [1.807, 2.05) is 19.9 Å². The van der Waals surface area contributed by atoms with Crippen LogP contribution in [0.15, 0.2) is 41.3 Å². The van der Waals surface area contributed by atoms with Crippen LogP contribution < -0.4 is 9.62 Å². The van der Waals surface area contributed by atoms with Crippen molar-refractivity contribution in [1.82, 2.24) is 4.90 Å². The van der Waals surface area contributed by atoms with E-state index in [2.05, 4.69) is 14.5 Å². The quantitative estimate of drug-likeness (QED) is 0.537. The highest BCUT2D eigenvalue weighted by Crippen LogP contribution is 2.33. The van der Waals surface area contributed by atoms with Crippen molar-refractivity contribution in [3.05, 3.63) is 53.1 Å². The van der Waals surface area contributed by atoms with Gasteiger partial charge >= 0.3 is 5.97 Å². The van der Waals surface area contributed by atoms with Gasteiger partial charge in [-0.2, -0.15) is 0 Å². The van der Waals surface area contributed by atoms with E-state index in [1.54, 1.807) is 24.3 Å². The molecule has 2 aromatic carbocycles. The fourth-order valence-electron chi connectivity index (χ4n) is 5.33. The number of carbonyl (C=O) groups is 1. The number of nitrogens with one attached hydrogen (secondary N) is 1. The summed E-state index contributed by atoms with van der Waals surface area (Å²) in [7, 11) is -3.87. The lowest BCUT2D eigenvalue weighted by molar-refractivity contribution is 0.0697. The highest BCUT2D eigenvalue weighted by atomic mass is 32.2. The maximum Gasteiger partial charge on any atom is 0.335 e. The van der Waals surface area contributed by atoms with Gasteiger partial charge in [0.25, 0.3) is 10.0 Å². The molecular formula is C27H37N3O4S. The molecule has 0 aliphatic carbocycles. The van der Waals surface area contributed by atoms with Crippen LogP contribution in [0.2, 0.25) is 0 Å². The number of likely N-dealkylation sites (tertiary alicyclic amines) is 1. The molecule has 2 N–H and O–H groups in total. The Morgan fingerprint density at radius 1 is 0.971 bits per heavy atom. The Hall–Kier alpha value is -2.58.